The molecule has 9 heteroatoms. The van der Waals surface area contributed by atoms with E-state index < -0.39 is 0 Å². The van der Waals surface area contributed by atoms with Crippen molar-refractivity contribution in [3.63, 3.8) is 0 Å². The Balaban J connectivity index is 1.12. The van der Waals surface area contributed by atoms with Crippen LogP contribution in [0, 0.1) is 34.5 Å². The molecule has 200 valence electrons. The summed E-state index contributed by atoms with van der Waals surface area (Å²) in [4.78, 5) is 25.5. The summed E-state index contributed by atoms with van der Waals surface area (Å²) >= 11 is 6.29. The van der Waals surface area contributed by atoms with Crippen molar-refractivity contribution in [3.8, 4) is 6.07 Å². The Hall–Kier alpha value is -2.89. The normalized spacial score (nSPS) is 30.2. The maximum absolute atomic E-state index is 11.8. The summed E-state index contributed by atoms with van der Waals surface area (Å²) in [6, 6.07) is 10.6. The Labute approximate surface area is 229 Å². The molecule has 38 heavy (non-hydrogen) atoms. The maximum Gasteiger partial charge on any atom is 0.224 e. The highest BCUT2D eigenvalue weighted by Crippen LogP contribution is 2.61. The second-order valence-corrected chi connectivity index (χ2v) is 12.3. The molecule has 5 fully saturated rings. The molecule has 2 aromatic rings. The van der Waals surface area contributed by atoms with Crippen LogP contribution < -0.4 is 10.6 Å². The first-order chi connectivity index (χ1) is 18.4. The van der Waals surface area contributed by atoms with Gasteiger partial charge in [0.15, 0.2) is 0 Å². The molecule has 7 rings (SSSR count). The zero-order chi connectivity index (χ0) is 26.3. The van der Waals surface area contributed by atoms with Crippen LogP contribution in [0.15, 0.2) is 30.5 Å². The Bertz CT molecular complexity index is 1220. The fraction of sp³-hybridized carbons (Fsp3) is 0.586. The Morgan fingerprint density at radius 2 is 1.87 bits per heavy atom. The van der Waals surface area contributed by atoms with E-state index in [1.807, 2.05) is 29.2 Å². The summed E-state index contributed by atoms with van der Waals surface area (Å²) < 4.78 is 0. The molecule has 4 bridgehead atoms. The van der Waals surface area contributed by atoms with Crippen LogP contribution in [0.2, 0.25) is 5.02 Å². The van der Waals surface area contributed by atoms with Crippen LogP contribution in [0.5, 0.6) is 0 Å². The fourth-order valence-corrected chi connectivity index (χ4v) is 8.29. The molecule has 5 aliphatic rings. The number of carbonyl (C=O) groups excluding carboxylic acids is 1. The van der Waals surface area contributed by atoms with Crippen molar-refractivity contribution >= 4 is 29.3 Å². The molecule has 0 spiro atoms. The molecule has 1 aromatic heterocycles. The molecule has 4 saturated carbocycles. The van der Waals surface area contributed by atoms with Gasteiger partial charge in [0.25, 0.3) is 0 Å². The number of halogens is 1. The third-order valence-corrected chi connectivity index (χ3v) is 9.84. The third kappa shape index (κ3) is 4.94. The minimum atomic E-state index is 0.198. The number of aromatic nitrogens is 2. The molecule has 0 radical (unpaired) electrons. The molecule has 1 amide bonds. The van der Waals surface area contributed by atoms with Gasteiger partial charge in [0.05, 0.1) is 6.20 Å². The van der Waals surface area contributed by atoms with Gasteiger partial charge in [-0.3, -0.25) is 9.69 Å². The summed E-state index contributed by atoms with van der Waals surface area (Å²) in [5.41, 5.74) is 1.71. The van der Waals surface area contributed by atoms with Gasteiger partial charge < -0.3 is 15.5 Å². The average molecular weight is 534 g/mol. The summed E-state index contributed by atoms with van der Waals surface area (Å²) in [6.07, 6.45) is 8.00. The molecule has 1 aliphatic heterocycles. The van der Waals surface area contributed by atoms with Crippen LogP contribution in [0.1, 0.15) is 50.2 Å². The predicted molar refractivity (Wildman–Crippen MR) is 148 cm³/mol. The number of rotatable bonds is 7. The summed E-state index contributed by atoms with van der Waals surface area (Å²) in [5.74, 6) is 3.54. The first kappa shape index (κ1) is 25.4. The van der Waals surface area contributed by atoms with E-state index in [-0.39, 0.29) is 11.3 Å². The quantitative estimate of drug-likeness (QED) is 0.545. The Kier molecular flexibility index (Phi) is 6.92. The van der Waals surface area contributed by atoms with Crippen molar-refractivity contribution in [2.24, 2.45) is 23.2 Å². The molecule has 2 N–H and O–H groups in total. The molecule has 4 aliphatic carbocycles. The lowest BCUT2D eigenvalue weighted by Gasteiger charge is -2.62. The van der Waals surface area contributed by atoms with Gasteiger partial charge in [-0.2, -0.15) is 10.2 Å². The molecular formula is C29H36ClN7O. The highest BCUT2D eigenvalue weighted by molar-refractivity contribution is 6.31. The number of carbonyl (C=O) groups is 1. The topological polar surface area (TPSA) is 97.2 Å². The van der Waals surface area contributed by atoms with Crippen molar-refractivity contribution < 1.29 is 4.79 Å². The van der Waals surface area contributed by atoms with Gasteiger partial charge in [0, 0.05) is 57.3 Å². The van der Waals surface area contributed by atoms with E-state index in [1.54, 1.807) is 13.1 Å². The zero-order valence-electron chi connectivity index (χ0n) is 22.0. The third-order valence-electron chi connectivity index (χ3n) is 9.47. The molecule has 2 heterocycles. The van der Waals surface area contributed by atoms with Crippen molar-refractivity contribution in [3.05, 3.63) is 46.6 Å². The van der Waals surface area contributed by atoms with E-state index >= 15 is 0 Å². The second-order valence-electron chi connectivity index (χ2n) is 11.9. The first-order valence-electron chi connectivity index (χ1n) is 13.9. The van der Waals surface area contributed by atoms with Gasteiger partial charge in [-0.05, 0) is 66.9 Å². The average Bonchev–Trinajstić information content (AvgIpc) is 2.91. The number of nitrogens with zero attached hydrogens (tertiary/aromatic N) is 5. The summed E-state index contributed by atoms with van der Waals surface area (Å²) in [6.45, 7) is 6.77. The van der Waals surface area contributed by atoms with Gasteiger partial charge in [-0.15, -0.1) is 0 Å². The number of nitriles is 1. The number of hydrogen-bond donors (Lipinski definition) is 2. The van der Waals surface area contributed by atoms with E-state index in [0.717, 1.165) is 56.0 Å². The highest BCUT2D eigenvalue weighted by Gasteiger charge is 2.56. The van der Waals surface area contributed by atoms with Crippen LogP contribution in [0.4, 0.5) is 11.8 Å². The largest absolute Gasteiger partial charge is 0.368 e. The number of amides is 1. The lowest BCUT2D eigenvalue weighted by molar-refractivity contribution is -0.136. The second kappa shape index (κ2) is 10.3. The lowest BCUT2D eigenvalue weighted by atomic mass is 9.47. The van der Waals surface area contributed by atoms with Gasteiger partial charge >= 0.3 is 0 Å². The Morgan fingerprint density at radius 1 is 1.13 bits per heavy atom. The van der Waals surface area contributed by atoms with Crippen molar-refractivity contribution in [2.75, 3.05) is 43.4 Å². The number of hydrogen-bond acceptors (Lipinski definition) is 7. The SMILES string of the molecule is CC(=O)N1CCN(C2[C@@H]3CC4C[C@H]2C[C@@](CNc2nc(NCc5ccccc5Cl)ncc2C#N)(C4)C3)CC1. The van der Waals surface area contributed by atoms with Crippen LogP contribution in [0.3, 0.4) is 0 Å². The number of nitrogens with one attached hydrogen (secondary N) is 2. The number of anilines is 2. The van der Waals surface area contributed by atoms with Gasteiger partial charge in [-0.1, -0.05) is 29.8 Å². The van der Waals surface area contributed by atoms with Gasteiger partial charge in [0.1, 0.15) is 17.5 Å². The van der Waals surface area contributed by atoms with Crippen molar-refractivity contribution in [2.45, 2.75) is 51.6 Å². The summed E-state index contributed by atoms with van der Waals surface area (Å²) in [5, 5.41) is 17.2. The molecular weight excluding hydrogens is 498 g/mol. The predicted octanol–water partition coefficient (Wildman–Crippen LogP) is 4.38. The smallest absolute Gasteiger partial charge is 0.224 e. The minimum absolute atomic E-state index is 0.198. The van der Waals surface area contributed by atoms with Crippen molar-refractivity contribution in [1.82, 2.24) is 19.8 Å². The standard InChI is InChI=1S/C29H36ClN7O/c1-19(38)36-6-8-37(9-7-36)26-22-10-20-11-23(26)14-29(12-20,13-22)18-34-27-24(15-31)17-33-28(35-27)32-16-21-4-2-3-5-25(21)30/h2-5,17,20,22-23,26H,6-14,16,18H2,1H3,(H2,32,33,34,35)/t20?,22-,23+,26?,29-. The maximum atomic E-state index is 11.8. The Morgan fingerprint density at radius 3 is 2.55 bits per heavy atom. The van der Waals surface area contributed by atoms with Crippen molar-refractivity contribution in [1.29, 1.82) is 5.26 Å². The van der Waals surface area contributed by atoms with E-state index in [2.05, 4.69) is 31.6 Å². The van der Waals surface area contributed by atoms with E-state index in [1.165, 1.54) is 32.1 Å². The highest BCUT2D eigenvalue weighted by atomic mass is 35.5. The van der Waals surface area contributed by atoms with E-state index in [0.29, 0.717) is 34.9 Å². The molecule has 2 unspecified atom stereocenters. The zero-order valence-corrected chi connectivity index (χ0v) is 22.8. The van der Waals surface area contributed by atoms with Crippen LogP contribution >= 0.6 is 11.6 Å². The molecule has 8 nitrogen and oxygen atoms in total. The molecule has 5 atom stereocenters. The van der Waals surface area contributed by atoms with Gasteiger partial charge in [-0.25, -0.2) is 4.98 Å². The van der Waals surface area contributed by atoms with Crippen LogP contribution in [-0.2, 0) is 11.3 Å². The number of piperazine rings is 1. The fourth-order valence-electron chi connectivity index (χ4n) is 8.08. The lowest BCUT2D eigenvalue weighted by Crippen LogP contribution is -2.63. The van der Waals surface area contributed by atoms with Gasteiger partial charge in [0.2, 0.25) is 11.9 Å². The summed E-state index contributed by atoms with van der Waals surface area (Å²) in [7, 11) is 0. The molecule has 1 saturated heterocycles. The van der Waals surface area contributed by atoms with Crippen LogP contribution in [-0.4, -0.2) is 64.4 Å². The first-order valence-corrected chi connectivity index (χ1v) is 14.3. The monoisotopic (exact) mass is 533 g/mol. The molecule has 1 aromatic carbocycles. The van der Waals surface area contributed by atoms with E-state index in [4.69, 9.17) is 11.6 Å². The van der Waals surface area contributed by atoms with E-state index in [9.17, 15) is 10.1 Å². The minimum Gasteiger partial charge on any atom is -0.368 e. The number of benzene rings is 1. The van der Waals surface area contributed by atoms with Crippen LogP contribution in [0.25, 0.3) is 0 Å².